The molecule has 28 heavy (non-hydrogen) atoms. The summed E-state index contributed by atoms with van der Waals surface area (Å²) in [5.41, 5.74) is 1.53. The third-order valence-corrected chi connectivity index (χ3v) is 6.38. The fraction of sp³-hybridized carbons (Fsp3) is 0.381. The van der Waals surface area contributed by atoms with Crippen molar-refractivity contribution in [1.29, 1.82) is 0 Å². The van der Waals surface area contributed by atoms with Gasteiger partial charge >= 0.3 is 0 Å². The van der Waals surface area contributed by atoms with Crippen molar-refractivity contribution in [2.24, 2.45) is 4.99 Å². The Hall–Kier alpha value is -2.38. The van der Waals surface area contributed by atoms with Gasteiger partial charge in [-0.25, -0.2) is 13.1 Å². The van der Waals surface area contributed by atoms with Gasteiger partial charge in [0, 0.05) is 12.3 Å². The van der Waals surface area contributed by atoms with E-state index in [0.29, 0.717) is 17.2 Å². The van der Waals surface area contributed by atoms with Gasteiger partial charge in [0.1, 0.15) is 0 Å². The van der Waals surface area contributed by atoms with E-state index in [9.17, 15) is 8.42 Å². The van der Waals surface area contributed by atoms with E-state index in [1.807, 2.05) is 18.2 Å². The van der Waals surface area contributed by atoms with Crippen LogP contribution in [-0.2, 0) is 10.0 Å². The Morgan fingerprint density at radius 1 is 0.964 bits per heavy atom. The van der Waals surface area contributed by atoms with Crippen LogP contribution in [0.4, 0.5) is 5.69 Å². The minimum absolute atomic E-state index is 0.0431. The molecule has 0 bridgehead atoms. The lowest BCUT2D eigenvalue weighted by molar-refractivity contribution is 0.355. The van der Waals surface area contributed by atoms with Crippen LogP contribution in [0.2, 0.25) is 0 Å². The zero-order valence-corrected chi connectivity index (χ0v) is 17.0. The number of nitrogens with zero attached hydrogens (tertiary/aromatic N) is 1. The highest BCUT2D eigenvalue weighted by molar-refractivity contribution is 7.89. The third-order valence-electron chi connectivity index (χ3n) is 4.84. The predicted molar refractivity (Wildman–Crippen MR) is 110 cm³/mol. The molecule has 6 nitrogen and oxygen atoms in total. The highest BCUT2D eigenvalue weighted by atomic mass is 32.2. The average Bonchev–Trinajstić information content (AvgIpc) is 2.72. The molecule has 0 spiro atoms. The van der Waals surface area contributed by atoms with Gasteiger partial charge in [-0.2, -0.15) is 0 Å². The van der Waals surface area contributed by atoms with Crippen LogP contribution in [0.1, 0.15) is 37.7 Å². The van der Waals surface area contributed by atoms with Crippen molar-refractivity contribution < 1.29 is 17.9 Å². The highest BCUT2D eigenvalue weighted by Crippen LogP contribution is 2.27. The first kappa shape index (κ1) is 20.4. The molecule has 1 aliphatic rings. The van der Waals surface area contributed by atoms with Crippen LogP contribution in [0.3, 0.4) is 0 Å². The molecular weight excluding hydrogens is 376 g/mol. The lowest BCUT2D eigenvalue weighted by Crippen LogP contribution is -2.36. The summed E-state index contributed by atoms with van der Waals surface area (Å²) in [6, 6.07) is 12.1. The first-order valence-corrected chi connectivity index (χ1v) is 10.9. The summed E-state index contributed by atoms with van der Waals surface area (Å²) < 4.78 is 38.4. The van der Waals surface area contributed by atoms with Crippen molar-refractivity contribution in [1.82, 2.24) is 4.72 Å². The van der Waals surface area contributed by atoms with Crippen molar-refractivity contribution in [3.05, 3.63) is 48.0 Å². The van der Waals surface area contributed by atoms with Gasteiger partial charge in [0.25, 0.3) is 0 Å². The number of nitrogens with one attached hydrogen (secondary N) is 1. The average molecular weight is 403 g/mol. The van der Waals surface area contributed by atoms with Gasteiger partial charge in [0.05, 0.1) is 24.8 Å². The van der Waals surface area contributed by atoms with E-state index in [4.69, 9.17) is 9.47 Å². The van der Waals surface area contributed by atoms with Crippen LogP contribution < -0.4 is 14.2 Å². The monoisotopic (exact) mass is 402 g/mol. The Morgan fingerprint density at radius 2 is 1.64 bits per heavy atom. The van der Waals surface area contributed by atoms with E-state index in [-0.39, 0.29) is 10.9 Å². The van der Waals surface area contributed by atoms with Gasteiger partial charge in [0.15, 0.2) is 11.5 Å². The molecule has 0 aromatic heterocycles. The van der Waals surface area contributed by atoms with Crippen molar-refractivity contribution in [3.8, 4) is 11.5 Å². The van der Waals surface area contributed by atoms with E-state index >= 15 is 0 Å². The topological polar surface area (TPSA) is 77.0 Å². The molecule has 150 valence electrons. The van der Waals surface area contributed by atoms with Crippen LogP contribution in [-0.4, -0.2) is 34.9 Å². The van der Waals surface area contributed by atoms with E-state index in [1.54, 1.807) is 44.7 Å². The number of ether oxygens (including phenoxy) is 2. The Kier molecular flexibility index (Phi) is 6.70. The van der Waals surface area contributed by atoms with Crippen molar-refractivity contribution in [2.45, 2.75) is 43.0 Å². The number of sulfonamides is 1. The number of rotatable bonds is 7. The molecule has 0 saturated heterocycles. The zero-order valence-electron chi connectivity index (χ0n) is 16.2. The van der Waals surface area contributed by atoms with Gasteiger partial charge in [-0.1, -0.05) is 19.3 Å². The van der Waals surface area contributed by atoms with E-state index in [2.05, 4.69) is 9.71 Å². The lowest BCUT2D eigenvalue weighted by Gasteiger charge is -2.22. The lowest BCUT2D eigenvalue weighted by atomic mass is 9.96. The van der Waals surface area contributed by atoms with Crippen molar-refractivity contribution in [2.75, 3.05) is 14.2 Å². The summed E-state index contributed by atoms with van der Waals surface area (Å²) in [5.74, 6) is 1.28. The molecule has 0 atom stereocenters. The Bertz CT molecular complexity index is 918. The minimum Gasteiger partial charge on any atom is -0.493 e. The molecule has 0 unspecified atom stereocenters. The molecule has 1 saturated carbocycles. The fourth-order valence-corrected chi connectivity index (χ4v) is 4.61. The first-order chi connectivity index (χ1) is 13.5. The van der Waals surface area contributed by atoms with E-state index in [0.717, 1.165) is 31.2 Å². The Labute approximate surface area is 166 Å². The Morgan fingerprint density at radius 3 is 2.29 bits per heavy atom. The molecule has 0 aliphatic heterocycles. The van der Waals surface area contributed by atoms with Gasteiger partial charge in [-0.15, -0.1) is 0 Å². The summed E-state index contributed by atoms with van der Waals surface area (Å²) in [5, 5.41) is 0. The number of benzene rings is 2. The molecule has 0 radical (unpaired) electrons. The van der Waals surface area contributed by atoms with Crippen molar-refractivity contribution in [3.63, 3.8) is 0 Å². The summed E-state index contributed by atoms with van der Waals surface area (Å²) in [4.78, 5) is 4.68. The van der Waals surface area contributed by atoms with Crippen LogP contribution in [0.25, 0.3) is 0 Å². The quantitative estimate of drug-likeness (QED) is 0.709. The van der Waals surface area contributed by atoms with E-state index in [1.165, 1.54) is 6.42 Å². The SMILES string of the molecule is COc1ccc(C=Nc2ccc(S(=O)(=O)NC3CCCCC3)cc2)cc1OC. The molecule has 1 aliphatic carbocycles. The molecule has 7 heteroatoms. The molecule has 0 amide bonds. The molecule has 2 aromatic rings. The first-order valence-electron chi connectivity index (χ1n) is 9.40. The second-order valence-electron chi connectivity index (χ2n) is 6.82. The number of hydrogen-bond donors (Lipinski definition) is 1. The van der Waals surface area contributed by atoms with Gasteiger partial charge < -0.3 is 9.47 Å². The number of methoxy groups -OCH3 is 2. The number of hydrogen-bond acceptors (Lipinski definition) is 5. The van der Waals surface area contributed by atoms with Crippen LogP contribution in [0.15, 0.2) is 52.4 Å². The summed E-state index contributed by atoms with van der Waals surface area (Å²) in [6.07, 6.45) is 6.87. The maximum atomic E-state index is 12.5. The van der Waals surface area contributed by atoms with Crippen LogP contribution in [0.5, 0.6) is 11.5 Å². The second kappa shape index (κ2) is 9.21. The minimum atomic E-state index is -3.49. The fourth-order valence-electron chi connectivity index (χ4n) is 3.30. The normalized spacial score (nSPS) is 15.6. The molecule has 0 heterocycles. The maximum absolute atomic E-state index is 12.5. The summed E-state index contributed by atoms with van der Waals surface area (Å²) in [6.45, 7) is 0. The predicted octanol–water partition coefficient (Wildman–Crippen LogP) is 4.07. The van der Waals surface area contributed by atoms with E-state index < -0.39 is 10.0 Å². The maximum Gasteiger partial charge on any atom is 0.240 e. The largest absolute Gasteiger partial charge is 0.493 e. The van der Waals surface area contributed by atoms with Gasteiger partial charge in [0.2, 0.25) is 10.0 Å². The van der Waals surface area contributed by atoms with Crippen molar-refractivity contribution >= 4 is 21.9 Å². The van der Waals surface area contributed by atoms with Crippen LogP contribution in [0, 0.1) is 0 Å². The molecule has 1 N–H and O–H groups in total. The molecule has 3 rings (SSSR count). The van der Waals surface area contributed by atoms with Crippen LogP contribution >= 0.6 is 0 Å². The standard InChI is InChI=1S/C21H26N2O4S/c1-26-20-13-8-16(14-21(20)27-2)15-22-17-9-11-19(12-10-17)28(24,25)23-18-6-4-3-5-7-18/h8-15,18,23H,3-7H2,1-2H3. The summed E-state index contributed by atoms with van der Waals surface area (Å²) >= 11 is 0. The smallest absolute Gasteiger partial charge is 0.240 e. The summed E-state index contributed by atoms with van der Waals surface area (Å²) in [7, 11) is -0.322. The molecule has 1 fully saturated rings. The van der Waals surface area contributed by atoms with Gasteiger partial charge in [-0.05, 0) is 60.9 Å². The molecular formula is C21H26N2O4S. The number of aliphatic imine (C=N–C) groups is 1. The molecule has 2 aromatic carbocycles. The zero-order chi connectivity index (χ0) is 20.0. The second-order valence-corrected chi connectivity index (χ2v) is 8.54. The highest BCUT2D eigenvalue weighted by Gasteiger charge is 2.21. The Balaban J connectivity index is 1.69. The van der Waals surface area contributed by atoms with Gasteiger partial charge in [-0.3, -0.25) is 4.99 Å². The third kappa shape index (κ3) is 5.11.